The summed E-state index contributed by atoms with van der Waals surface area (Å²) in [7, 11) is 1.83. The standard InChI is InChI=1S/C20H32N6O2/c1-24-10-8-18(23-24)22-19(27)14-25-11-6-17(7-12-25)26-9-2-3-15(13-26)20(28)21-16-4-5-16/h8,10,15-17H,2-7,9,11-14H2,1H3,(H,21,28)(H,22,23,27)/t15-/m0/s1. The number of nitrogens with one attached hydrogen (secondary N) is 2. The summed E-state index contributed by atoms with van der Waals surface area (Å²) in [6.45, 7) is 4.25. The molecule has 0 aromatic carbocycles. The molecule has 0 radical (unpaired) electrons. The summed E-state index contributed by atoms with van der Waals surface area (Å²) in [6.07, 6.45) is 8.36. The molecule has 0 bridgehead atoms. The lowest BCUT2D eigenvalue weighted by molar-refractivity contribution is -0.127. The number of amides is 2. The third kappa shape index (κ3) is 5.11. The van der Waals surface area contributed by atoms with Crippen LogP contribution in [0.4, 0.5) is 5.82 Å². The molecule has 1 atom stereocenters. The van der Waals surface area contributed by atoms with E-state index in [0.717, 1.165) is 64.7 Å². The zero-order valence-electron chi connectivity index (χ0n) is 16.8. The van der Waals surface area contributed by atoms with E-state index in [2.05, 4.69) is 25.5 Å². The van der Waals surface area contributed by atoms with Gasteiger partial charge in [-0.25, -0.2) is 0 Å². The molecule has 2 aliphatic heterocycles. The van der Waals surface area contributed by atoms with Crippen LogP contribution in [0.3, 0.4) is 0 Å². The number of nitrogens with zero attached hydrogens (tertiary/aromatic N) is 4. The Morgan fingerprint density at radius 3 is 2.61 bits per heavy atom. The minimum Gasteiger partial charge on any atom is -0.353 e. The van der Waals surface area contributed by atoms with E-state index in [4.69, 9.17) is 0 Å². The molecule has 3 heterocycles. The molecule has 3 fully saturated rings. The Hall–Kier alpha value is -1.93. The van der Waals surface area contributed by atoms with Crippen LogP contribution in [0, 0.1) is 5.92 Å². The molecule has 8 heteroatoms. The number of likely N-dealkylation sites (tertiary alicyclic amines) is 2. The molecule has 2 saturated heterocycles. The largest absolute Gasteiger partial charge is 0.353 e. The van der Waals surface area contributed by atoms with Gasteiger partial charge in [0, 0.05) is 51.0 Å². The van der Waals surface area contributed by atoms with Gasteiger partial charge >= 0.3 is 0 Å². The quantitative estimate of drug-likeness (QED) is 0.754. The SMILES string of the molecule is Cn1ccc(NC(=O)CN2CCC(N3CCC[C@H](C(=O)NC4CC4)C3)CC2)n1. The second-order valence-electron chi connectivity index (χ2n) is 8.55. The van der Waals surface area contributed by atoms with Crippen molar-refractivity contribution in [3.05, 3.63) is 12.3 Å². The molecule has 1 aromatic rings. The summed E-state index contributed by atoms with van der Waals surface area (Å²) in [4.78, 5) is 29.4. The molecular weight excluding hydrogens is 356 g/mol. The summed E-state index contributed by atoms with van der Waals surface area (Å²) >= 11 is 0. The highest BCUT2D eigenvalue weighted by Crippen LogP contribution is 2.25. The van der Waals surface area contributed by atoms with Crippen molar-refractivity contribution in [1.82, 2.24) is 24.9 Å². The van der Waals surface area contributed by atoms with Crippen molar-refractivity contribution in [1.29, 1.82) is 0 Å². The second kappa shape index (κ2) is 8.61. The zero-order chi connectivity index (χ0) is 19.5. The monoisotopic (exact) mass is 388 g/mol. The number of aryl methyl sites for hydroxylation is 1. The Balaban J connectivity index is 1.20. The zero-order valence-corrected chi connectivity index (χ0v) is 16.8. The average Bonchev–Trinajstić information content (AvgIpc) is 3.42. The van der Waals surface area contributed by atoms with Crippen LogP contribution in [0.2, 0.25) is 0 Å². The van der Waals surface area contributed by atoms with E-state index in [1.54, 1.807) is 10.7 Å². The van der Waals surface area contributed by atoms with Crippen LogP contribution in [-0.2, 0) is 16.6 Å². The van der Waals surface area contributed by atoms with Crippen LogP contribution in [0.1, 0.15) is 38.5 Å². The van der Waals surface area contributed by atoms with E-state index in [1.165, 1.54) is 0 Å². The number of hydrogen-bond acceptors (Lipinski definition) is 5. The number of piperidine rings is 2. The van der Waals surface area contributed by atoms with Crippen molar-refractivity contribution in [3.8, 4) is 0 Å². The summed E-state index contributed by atoms with van der Waals surface area (Å²) in [5.74, 6) is 1.01. The first-order valence-electron chi connectivity index (χ1n) is 10.6. The maximum atomic E-state index is 12.4. The van der Waals surface area contributed by atoms with Gasteiger partial charge in [-0.3, -0.25) is 24.1 Å². The molecule has 1 aromatic heterocycles. The molecule has 28 heavy (non-hydrogen) atoms. The van der Waals surface area contributed by atoms with Gasteiger partial charge in [0.2, 0.25) is 11.8 Å². The highest BCUT2D eigenvalue weighted by atomic mass is 16.2. The number of carbonyl (C=O) groups is 2. The highest BCUT2D eigenvalue weighted by molar-refractivity contribution is 5.91. The normalized spacial score (nSPS) is 24.8. The van der Waals surface area contributed by atoms with E-state index in [-0.39, 0.29) is 17.7 Å². The molecule has 0 unspecified atom stereocenters. The Morgan fingerprint density at radius 1 is 1.14 bits per heavy atom. The van der Waals surface area contributed by atoms with E-state index in [0.29, 0.717) is 24.4 Å². The first-order valence-corrected chi connectivity index (χ1v) is 10.6. The first kappa shape index (κ1) is 19.4. The van der Waals surface area contributed by atoms with Crippen molar-refractivity contribution in [3.63, 3.8) is 0 Å². The number of rotatable bonds is 6. The second-order valence-corrected chi connectivity index (χ2v) is 8.55. The third-order valence-corrected chi connectivity index (χ3v) is 6.17. The average molecular weight is 389 g/mol. The molecule has 2 N–H and O–H groups in total. The van der Waals surface area contributed by atoms with Gasteiger partial charge in [0.05, 0.1) is 12.5 Å². The van der Waals surface area contributed by atoms with Gasteiger partial charge in [0.25, 0.3) is 0 Å². The Morgan fingerprint density at radius 2 is 1.93 bits per heavy atom. The number of carbonyl (C=O) groups excluding carboxylic acids is 2. The van der Waals surface area contributed by atoms with Crippen molar-refractivity contribution >= 4 is 17.6 Å². The Kier molecular flexibility index (Phi) is 5.96. The van der Waals surface area contributed by atoms with Crippen LogP contribution in [-0.4, -0.2) is 76.2 Å². The molecule has 8 nitrogen and oxygen atoms in total. The molecule has 0 spiro atoms. The lowest BCUT2D eigenvalue weighted by Crippen LogP contribution is -2.51. The van der Waals surface area contributed by atoms with Gasteiger partial charge in [0.1, 0.15) is 0 Å². The van der Waals surface area contributed by atoms with Crippen molar-refractivity contribution in [2.24, 2.45) is 13.0 Å². The predicted molar refractivity (Wildman–Crippen MR) is 107 cm³/mol. The fraction of sp³-hybridized carbons (Fsp3) is 0.750. The topological polar surface area (TPSA) is 82.5 Å². The van der Waals surface area contributed by atoms with Gasteiger partial charge in [-0.05, 0) is 45.1 Å². The van der Waals surface area contributed by atoms with Crippen LogP contribution >= 0.6 is 0 Å². The lowest BCUT2D eigenvalue weighted by Gasteiger charge is -2.41. The molecule has 154 valence electrons. The van der Waals surface area contributed by atoms with E-state index in [1.807, 2.05) is 13.2 Å². The van der Waals surface area contributed by atoms with Gasteiger partial charge in [-0.2, -0.15) is 5.10 Å². The van der Waals surface area contributed by atoms with Crippen LogP contribution in [0.5, 0.6) is 0 Å². The maximum absolute atomic E-state index is 12.4. The summed E-state index contributed by atoms with van der Waals surface area (Å²) in [6, 6.07) is 2.78. The predicted octanol–water partition coefficient (Wildman–Crippen LogP) is 0.814. The first-order chi connectivity index (χ1) is 13.6. The minimum atomic E-state index is -0.00747. The van der Waals surface area contributed by atoms with Crippen LogP contribution < -0.4 is 10.6 Å². The number of aromatic nitrogens is 2. The van der Waals surface area contributed by atoms with Gasteiger partial charge in [0.15, 0.2) is 5.82 Å². The van der Waals surface area contributed by atoms with Crippen LogP contribution in [0.25, 0.3) is 0 Å². The molecule has 1 saturated carbocycles. The van der Waals surface area contributed by atoms with Crippen molar-refractivity contribution < 1.29 is 9.59 Å². The van der Waals surface area contributed by atoms with E-state index >= 15 is 0 Å². The third-order valence-electron chi connectivity index (χ3n) is 6.17. The Labute approximate surface area is 166 Å². The van der Waals surface area contributed by atoms with Crippen LogP contribution in [0.15, 0.2) is 12.3 Å². The fourth-order valence-corrected chi connectivity index (χ4v) is 4.41. The minimum absolute atomic E-state index is 0.00747. The molecule has 1 aliphatic carbocycles. The number of anilines is 1. The van der Waals surface area contributed by atoms with E-state index < -0.39 is 0 Å². The van der Waals surface area contributed by atoms with Crippen molar-refractivity contribution in [2.45, 2.75) is 50.6 Å². The summed E-state index contributed by atoms with van der Waals surface area (Å²) in [5.41, 5.74) is 0. The molecular formula is C20H32N6O2. The maximum Gasteiger partial charge on any atom is 0.239 e. The molecule has 2 amide bonds. The lowest BCUT2D eigenvalue weighted by atomic mass is 9.93. The Bertz CT molecular complexity index is 693. The molecule has 3 aliphatic rings. The fourth-order valence-electron chi connectivity index (χ4n) is 4.41. The smallest absolute Gasteiger partial charge is 0.239 e. The highest BCUT2D eigenvalue weighted by Gasteiger charge is 2.33. The summed E-state index contributed by atoms with van der Waals surface area (Å²) in [5, 5.41) is 10.2. The van der Waals surface area contributed by atoms with Gasteiger partial charge < -0.3 is 10.6 Å². The summed E-state index contributed by atoms with van der Waals surface area (Å²) < 4.78 is 1.68. The molecule has 4 rings (SSSR count). The van der Waals surface area contributed by atoms with Crippen molar-refractivity contribution in [2.75, 3.05) is 38.0 Å². The van der Waals surface area contributed by atoms with E-state index in [9.17, 15) is 9.59 Å². The van der Waals surface area contributed by atoms with Gasteiger partial charge in [-0.1, -0.05) is 0 Å². The number of hydrogen-bond donors (Lipinski definition) is 2. The van der Waals surface area contributed by atoms with Gasteiger partial charge in [-0.15, -0.1) is 0 Å².